The summed E-state index contributed by atoms with van der Waals surface area (Å²) < 4.78 is 10.6. The van der Waals surface area contributed by atoms with Gasteiger partial charge in [-0.2, -0.15) is 0 Å². The molecule has 1 aromatic carbocycles. The Morgan fingerprint density at radius 3 is 2.72 bits per heavy atom. The molecule has 0 radical (unpaired) electrons. The SMILES string of the molecule is C=C/C=C/C(COC(C)=O)OCc1ccccc1. The molecule has 1 rings (SSSR count). The highest BCUT2D eigenvalue weighted by Crippen LogP contribution is 2.05. The molecule has 0 heterocycles. The molecule has 3 heteroatoms. The largest absolute Gasteiger partial charge is 0.463 e. The molecule has 0 N–H and O–H groups in total. The summed E-state index contributed by atoms with van der Waals surface area (Å²) in [6, 6.07) is 9.84. The first-order valence-corrected chi connectivity index (χ1v) is 5.80. The Bertz CT molecular complexity index is 395. The van der Waals surface area contributed by atoms with E-state index in [1.54, 1.807) is 12.2 Å². The Morgan fingerprint density at radius 2 is 2.11 bits per heavy atom. The number of esters is 1. The maximum absolute atomic E-state index is 10.8. The van der Waals surface area contributed by atoms with Crippen molar-refractivity contribution in [2.24, 2.45) is 0 Å². The van der Waals surface area contributed by atoms with E-state index < -0.39 is 0 Å². The Hall–Kier alpha value is -1.87. The van der Waals surface area contributed by atoms with Crippen LogP contribution in [0.25, 0.3) is 0 Å². The van der Waals surface area contributed by atoms with Crippen molar-refractivity contribution in [3.8, 4) is 0 Å². The van der Waals surface area contributed by atoms with Gasteiger partial charge in [-0.15, -0.1) is 0 Å². The fourth-order valence-corrected chi connectivity index (χ4v) is 1.34. The van der Waals surface area contributed by atoms with E-state index in [1.807, 2.05) is 36.4 Å². The third-order valence-electron chi connectivity index (χ3n) is 2.22. The first-order chi connectivity index (χ1) is 8.72. The van der Waals surface area contributed by atoms with Crippen LogP contribution in [0, 0.1) is 0 Å². The first-order valence-electron chi connectivity index (χ1n) is 5.80. The number of allylic oxidation sites excluding steroid dienone is 2. The zero-order valence-corrected chi connectivity index (χ0v) is 10.5. The van der Waals surface area contributed by atoms with Gasteiger partial charge in [0.2, 0.25) is 0 Å². The average molecular weight is 246 g/mol. The highest BCUT2D eigenvalue weighted by molar-refractivity contribution is 5.65. The van der Waals surface area contributed by atoms with E-state index in [4.69, 9.17) is 9.47 Å². The summed E-state index contributed by atoms with van der Waals surface area (Å²) in [4.78, 5) is 10.8. The fraction of sp³-hybridized carbons (Fsp3) is 0.267. The molecule has 0 spiro atoms. The Kier molecular flexibility index (Phi) is 6.51. The van der Waals surface area contributed by atoms with E-state index in [0.717, 1.165) is 5.56 Å². The smallest absolute Gasteiger partial charge is 0.302 e. The highest BCUT2D eigenvalue weighted by atomic mass is 16.6. The van der Waals surface area contributed by atoms with Crippen LogP contribution in [-0.4, -0.2) is 18.7 Å². The number of benzene rings is 1. The van der Waals surface area contributed by atoms with Crippen LogP contribution in [0.2, 0.25) is 0 Å². The predicted molar refractivity (Wildman–Crippen MR) is 71.0 cm³/mol. The topological polar surface area (TPSA) is 35.5 Å². The van der Waals surface area contributed by atoms with Crippen molar-refractivity contribution in [3.63, 3.8) is 0 Å². The zero-order chi connectivity index (χ0) is 13.2. The van der Waals surface area contributed by atoms with Gasteiger partial charge >= 0.3 is 5.97 Å². The third kappa shape index (κ3) is 6.01. The molecule has 0 saturated heterocycles. The second-order valence-electron chi connectivity index (χ2n) is 3.76. The molecule has 0 aromatic heterocycles. The molecular formula is C15H18O3. The number of rotatable bonds is 7. The summed E-state index contributed by atoms with van der Waals surface area (Å²) in [6.07, 6.45) is 5.00. The third-order valence-corrected chi connectivity index (χ3v) is 2.22. The molecule has 3 nitrogen and oxygen atoms in total. The van der Waals surface area contributed by atoms with Crippen molar-refractivity contribution >= 4 is 5.97 Å². The van der Waals surface area contributed by atoms with Crippen LogP contribution in [-0.2, 0) is 20.9 Å². The molecule has 1 atom stereocenters. The van der Waals surface area contributed by atoms with Crippen LogP contribution in [0.1, 0.15) is 12.5 Å². The van der Waals surface area contributed by atoms with Crippen molar-refractivity contribution in [3.05, 3.63) is 60.7 Å². The first kappa shape index (κ1) is 14.2. The molecule has 0 saturated carbocycles. The Morgan fingerprint density at radius 1 is 1.39 bits per heavy atom. The van der Waals surface area contributed by atoms with Gasteiger partial charge in [-0.3, -0.25) is 4.79 Å². The summed E-state index contributed by atoms with van der Waals surface area (Å²) in [6.45, 7) is 5.67. The van der Waals surface area contributed by atoms with E-state index in [9.17, 15) is 4.79 Å². The standard InChI is InChI=1S/C15H18O3/c1-3-4-10-15(12-17-13(2)16)18-11-14-8-6-5-7-9-14/h3-10,15H,1,11-12H2,2H3/b10-4+. The second-order valence-corrected chi connectivity index (χ2v) is 3.76. The van der Waals surface area contributed by atoms with Gasteiger partial charge < -0.3 is 9.47 Å². The van der Waals surface area contributed by atoms with Gasteiger partial charge in [0.15, 0.2) is 0 Å². The molecular weight excluding hydrogens is 228 g/mol. The minimum Gasteiger partial charge on any atom is -0.463 e. The summed E-state index contributed by atoms with van der Waals surface area (Å²) in [5.74, 6) is -0.310. The van der Waals surface area contributed by atoms with E-state index in [2.05, 4.69) is 6.58 Å². The number of hydrogen-bond donors (Lipinski definition) is 0. The number of ether oxygens (including phenoxy) is 2. The van der Waals surface area contributed by atoms with Crippen molar-refractivity contribution in [1.82, 2.24) is 0 Å². The molecule has 0 aliphatic carbocycles. The van der Waals surface area contributed by atoms with E-state index in [-0.39, 0.29) is 18.7 Å². The van der Waals surface area contributed by atoms with Gasteiger partial charge in [-0.25, -0.2) is 0 Å². The van der Waals surface area contributed by atoms with E-state index >= 15 is 0 Å². The molecule has 0 fully saturated rings. The normalized spacial score (nSPS) is 12.3. The van der Waals surface area contributed by atoms with E-state index in [0.29, 0.717) is 6.61 Å². The molecule has 0 amide bonds. The summed E-state index contributed by atoms with van der Waals surface area (Å²) in [5, 5.41) is 0. The van der Waals surface area contributed by atoms with Gasteiger partial charge in [0.1, 0.15) is 12.7 Å². The summed E-state index contributed by atoms with van der Waals surface area (Å²) in [5.41, 5.74) is 1.08. The minimum absolute atomic E-state index is 0.215. The predicted octanol–water partition coefficient (Wildman–Crippen LogP) is 2.88. The molecule has 1 aromatic rings. The van der Waals surface area contributed by atoms with E-state index in [1.165, 1.54) is 6.92 Å². The Balaban J connectivity index is 2.47. The Labute approximate surface area is 108 Å². The zero-order valence-electron chi connectivity index (χ0n) is 10.5. The fourth-order valence-electron chi connectivity index (χ4n) is 1.34. The van der Waals surface area contributed by atoms with Crippen molar-refractivity contribution in [2.45, 2.75) is 19.6 Å². The van der Waals surface area contributed by atoms with Gasteiger partial charge in [0.25, 0.3) is 0 Å². The van der Waals surface area contributed by atoms with Gasteiger partial charge in [0, 0.05) is 6.92 Å². The molecule has 0 aliphatic rings. The lowest BCUT2D eigenvalue weighted by Crippen LogP contribution is -2.19. The van der Waals surface area contributed by atoms with Crippen LogP contribution in [0.15, 0.2) is 55.1 Å². The lowest BCUT2D eigenvalue weighted by Gasteiger charge is -2.14. The maximum atomic E-state index is 10.8. The number of carbonyl (C=O) groups excluding carboxylic acids is 1. The summed E-state index contributed by atoms with van der Waals surface area (Å²) in [7, 11) is 0. The van der Waals surface area contributed by atoms with Crippen LogP contribution in [0.4, 0.5) is 0 Å². The van der Waals surface area contributed by atoms with Crippen LogP contribution >= 0.6 is 0 Å². The van der Waals surface area contributed by atoms with Gasteiger partial charge in [0.05, 0.1) is 6.61 Å². The monoisotopic (exact) mass is 246 g/mol. The van der Waals surface area contributed by atoms with Gasteiger partial charge in [-0.05, 0) is 5.56 Å². The minimum atomic E-state index is -0.310. The van der Waals surface area contributed by atoms with Crippen molar-refractivity contribution < 1.29 is 14.3 Å². The van der Waals surface area contributed by atoms with Crippen LogP contribution < -0.4 is 0 Å². The second kappa shape index (κ2) is 8.25. The van der Waals surface area contributed by atoms with Crippen molar-refractivity contribution in [1.29, 1.82) is 0 Å². The average Bonchev–Trinajstić information content (AvgIpc) is 2.39. The molecule has 0 aliphatic heterocycles. The molecule has 96 valence electrons. The number of carbonyl (C=O) groups is 1. The quantitative estimate of drug-likeness (QED) is 0.548. The van der Waals surface area contributed by atoms with Crippen LogP contribution in [0.3, 0.4) is 0 Å². The lowest BCUT2D eigenvalue weighted by molar-refractivity contribution is -0.144. The molecule has 18 heavy (non-hydrogen) atoms. The van der Waals surface area contributed by atoms with Crippen LogP contribution in [0.5, 0.6) is 0 Å². The maximum Gasteiger partial charge on any atom is 0.302 e. The van der Waals surface area contributed by atoms with Crippen molar-refractivity contribution in [2.75, 3.05) is 6.61 Å². The lowest BCUT2D eigenvalue weighted by atomic mass is 10.2. The van der Waals surface area contributed by atoms with Gasteiger partial charge in [-0.1, -0.05) is 55.1 Å². The molecule has 1 unspecified atom stereocenters. The summed E-state index contributed by atoms with van der Waals surface area (Å²) >= 11 is 0. The highest BCUT2D eigenvalue weighted by Gasteiger charge is 2.07. The number of hydrogen-bond acceptors (Lipinski definition) is 3. The molecule has 0 bridgehead atoms.